The number of carbonyl (C=O) groups excluding carboxylic acids is 2. The van der Waals surface area contributed by atoms with E-state index in [1.807, 2.05) is 44.2 Å². The maximum absolute atomic E-state index is 12.4. The van der Waals surface area contributed by atoms with E-state index in [9.17, 15) is 9.59 Å². The van der Waals surface area contributed by atoms with E-state index in [4.69, 9.17) is 0 Å². The highest BCUT2D eigenvalue weighted by Crippen LogP contribution is 2.17. The van der Waals surface area contributed by atoms with Crippen LogP contribution in [0.2, 0.25) is 0 Å². The first kappa shape index (κ1) is 17.4. The molecular formula is C20H20N4O2. The quantitative estimate of drug-likeness (QED) is 0.666. The fourth-order valence-electron chi connectivity index (χ4n) is 2.48. The summed E-state index contributed by atoms with van der Waals surface area (Å²) in [6, 6.07) is 16.1. The number of hydrogen-bond donors (Lipinski definition) is 3. The van der Waals surface area contributed by atoms with E-state index in [0.29, 0.717) is 16.9 Å². The van der Waals surface area contributed by atoms with Crippen LogP contribution in [0.4, 0.5) is 16.2 Å². The minimum Gasteiger partial charge on any atom is -0.336 e. The van der Waals surface area contributed by atoms with Crippen molar-refractivity contribution in [2.45, 2.75) is 19.9 Å². The lowest BCUT2D eigenvalue weighted by Gasteiger charge is -2.10. The van der Waals surface area contributed by atoms with Gasteiger partial charge in [-0.15, -0.1) is 0 Å². The number of pyridine rings is 1. The number of carbonyl (C=O) groups is 2. The molecule has 1 heterocycles. The molecule has 6 nitrogen and oxygen atoms in total. The zero-order valence-electron chi connectivity index (χ0n) is 14.6. The van der Waals surface area contributed by atoms with Crippen molar-refractivity contribution in [3.8, 4) is 0 Å². The molecule has 0 aliphatic rings. The SMILES string of the molecule is CC(C)NC(=O)Nc1ccc(C(=O)Nc2cnc3ccccc3c2)cc1. The smallest absolute Gasteiger partial charge is 0.319 e. The number of anilines is 2. The third-order valence-corrected chi connectivity index (χ3v) is 3.67. The minimum atomic E-state index is -0.278. The lowest BCUT2D eigenvalue weighted by atomic mass is 10.1. The number of nitrogens with one attached hydrogen (secondary N) is 3. The summed E-state index contributed by atoms with van der Waals surface area (Å²) in [6.07, 6.45) is 1.63. The average Bonchev–Trinajstić information content (AvgIpc) is 2.61. The van der Waals surface area contributed by atoms with Crippen LogP contribution in [0, 0.1) is 0 Å². The van der Waals surface area contributed by atoms with Gasteiger partial charge in [0.2, 0.25) is 0 Å². The second kappa shape index (κ2) is 7.65. The summed E-state index contributed by atoms with van der Waals surface area (Å²) < 4.78 is 0. The molecule has 0 spiro atoms. The van der Waals surface area contributed by atoms with Crippen molar-refractivity contribution in [1.29, 1.82) is 0 Å². The molecule has 132 valence electrons. The van der Waals surface area contributed by atoms with Crippen molar-refractivity contribution >= 4 is 34.2 Å². The van der Waals surface area contributed by atoms with Crippen molar-refractivity contribution in [2.75, 3.05) is 10.6 Å². The van der Waals surface area contributed by atoms with Crippen molar-refractivity contribution in [3.05, 3.63) is 66.4 Å². The number of urea groups is 1. The Bertz CT molecular complexity index is 936. The lowest BCUT2D eigenvalue weighted by molar-refractivity contribution is 0.102. The van der Waals surface area contributed by atoms with Crippen molar-refractivity contribution < 1.29 is 9.59 Å². The maximum atomic E-state index is 12.4. The van der Waals surface area contributed by atoms with Crippen LogP contribution in [0.15, 0.2) is 60.8 Å². The number of aromatic nitrogens is 1. The van der Waals surface area contributed by atoms with Gasteiger partial charge in [-0.25, -0.2) is 4.79 Å². The Kier molecular flexibility index (Phi) is 5.12. The van der Waals surface area contributed by atoms with E-state index in [0.717, 1.165) is 10.9 Å². The molecule has 26 heavy (non-hydrogen) atoms. The molecule has 0 radical (unpaired) electrons. The summed E-state index contributed by atoms with van der Waals surface area (Å²) in [6.45, 7) is 3.77. The van der Waals surface area contributed by atoms with Gasteiger partial charge in [0.1, 0.15) is 0 Å². The Labute approximate surface area is 151 Å². The third-order valence-electron chi connectivity index (χ3n) is 3.67. The van der Waals surface area contributed by atoms with Crippen LogP contribution >= 0.6 is 0 Å². The van der Waals surface area contributed by atoms with Gasteiger partial charge in [-0.3, -0.25) is 9.78 Å². The van der Waals surface area contributed by atoms with E-state index < -0.39 is 0 Å². The summed E-state index contributed by atoms with van der Waals surface area (Å²) in [5.41, 5.74) is 2.62. The molecule has 3 amide bonds. The molecule has 6 heteroatoms. The second-order valence-electron chi connectivity index (χ2n) is 6.20. The van der Waals surface area contributed by atoms with Crippen LogP contribution < -0.4 is 16.0 Å². The minimum absolute atomic E-state index is 0.0515. The van der Waals surface area contributed by atoms with Gasteiger partial charge in [0.15, 0.2) is 0 Å². The molecule has 0 saturated carbocycles. The first-order valence-corrected chi connectivity index (χ1v) is 8.35. The second-order valence-corrected chi connectivity index (χ2v) is 6.20. The predicted octanol–water partition coefficient (Wildman–Crippen LogP) is 4.02. The first-order valence-electron chi connectivity index (χ1n) is 8.35. The highest BCUT2D eigenvalue weighted by atomic mass is 16.2. The standard InChI is InChI=1S/C20H20N4O2/c1-13(2)22-20(26)24-16-9-7-14(8-10-16)19(25)23-17-11-15-5-3-4-6-18(15)21-12-17/h3-13H,1-2H3,(H,23,25)(H2,22,24,26). The molecule has 0 aliphatic carbocycles. The molecule has 2 aromatic carbocycles. The zero-order chi connectivity index (χ0) is 18.5. The van der Waals surface area contributed by atoms with E-state index in [1.165, 1.54) is 0 Å². The number of amides is 3. The van der Waals surface area contributed by atoms with E-state index in [-0.39, 0.29) is 18.0 Å². The van der Waals surface area contributed by atoms with Crippen molar-refractivity contribution in [3.63, 3.8) is 0 Å². The fourth-order valence-corrected chi connectivity index (χ4v) is 2.48. The zero-order valence-corrected chi connectivity index (χ0v) is 14.6. The molecule has 0 fully saturated rings. The fraction of sp³-hybridized carbons (Fsp3) is 0.150. The first-order chi connectivity index (χ1) is 12.5. The van der Waals surface area contributed by atoms with Crippen LogP contribution in [-0.4, -0.2) is 23.0 Å². The Morgan fingerprint density at radius 2 is 1.65 bits per heavy atom. The van der Waals surface area contributed by atoms with E-state index >= 15 is 0 Å². The Morgan fingerprint density at radius 3 is 2.38 bits per heavy atom. The largest absolute Gasteiger partial charge is 0.336 e. The van der Waals surface area contributed by atoms with Crippen LogP contribution in [0.1, 0.15) is 24.2 Å². The molecule has 0 bridgehead atoms. The monoisotopic (exact) mass is 348 g/mol. The normalized spacial score (nSPS) is 10.6. The average molecular weight is 348 g/mol. The molecule has 0 aliphatic heterocycles. The van der Waals surface area contributed by atoms with Gasteiger partial charge in [-0.05, 0) is 50.2 Å². The molecule has 3 aromatic rings. The van der Waals surface area contributed by atoms with E-state index in [1.54, 1.807) is 30.5 Å². The molecule has 0 atom stereocenters. The van der Waals surface area contributed by atoms with Gasteiger partial charge in [0.05, 0.1) is 17.4 Å². The van der Waals surface area contributed by atoms with Crippen LogP contribution in [-0.2, 0) is 0 Å². The summed E-state index contributed by atoms with van der Waals surface area (Å²) in [4.78, 5) is 28.4. The van der Waals surface area contributed by atoms with Gasteiger partial charge >= 0.3 is 6.03 Å². The summed E-state index contributed by atoms with van der Waals surface area (Å²) in [5.74, 6) is -0.236. The molecule has 1 aromatic heterocycles. The lowest BCUT2D eigenvalue weighted by Crippen LogP contribution is -2.34. The number of para-hydroxylation sites is 1. The van der Waals surface area contributed by atoms with Crippen LogP contribution in [0.3, 0.4) is 0 Å². The molecule has 3 N–H and O–H groups in total. The Balaban J connectivity index is 1.66. The predicted molar refractivity (Wildman–Crippen MR) is 103 cm³/mol. The summed E-state index contributed by atoms with van der Waals surface area (Å²) in [5, 5.41) is 9.25. The number of benzene rings is 2. The number of hydrogen-bond acceptors (Lipinski definition) is 3. The molecular weight excluding hydrogens is 328 g/mol. The summed E-state index contributed by atoms with van der Waals surface area (Å²) in [7, 11) is 0. The van der Waals surface area contributed by atoms with Gasteiger partial charge < -0.3 is 16.0 Å². The number of rotatable bonds is 4. The highest BCUT2D eigenvalue weighted by molar-refractivity contribution is 6.05. The van der Waals surface area contributed by atoms with Crippen LogP contribution in [0.25, 0.3) is 10.9 Å². The molecule has 0 unspecified atom stereocenters. The summed E-state index contributed by atoms with van der Waals surface area (Å²) >= 11 is 0. The highest BCUT2D eigenvalue weighted by Gasteiger charge is 2.08. The van der Waals surface area contributed by atoms with Crippen molar-refractivity contribution in [1.82, 2.24) is 10.3 Å². The van der Waals surface area contributed by atoms with Crippen molar-refractivity contribution in [2.24, 2.45) is 0 Å². The number of fused-ring (bicyclic) bond motifs is 1. The van der Waals surface area contributed by atoms with Gasteiger partial charge in [-0.2, -0.15) is 0 Å². The topological polar surface area (TPSA) is 83.1 Å². The maximum Gasteiger partial charge on any atom is 0.319 e. The van der Waals surface area contributed by atoms with Gasteiger partial charge in [0, 0.05) is 22.7 Å². The molecule has 3 rings (SSSR count). The van der Waals surface area contributed by atoms with E-state index in [2.05, 4.69) is 20.9 Å². The Morgan fingerprint density at radius 1 is 0.923 bits per heavy atom. The third kappa shape index (κ3) is 4.36. The van der Waals surface area contributed by atoms with Gasteiger partial charge in [0.25, 0.3) is 5.91 Å². The number of nitrogens with zero attached hydrogens (tertiary/aromatic N) is 1. The molecule has 0 saturated heterocycles. The van der Waals surface area contributed by atoms with Gasteiger partial charge in [-0.1, -0.05) is 18.2 Å². The Hall–Kier alpha value is -3.41. The van der Waals surface area contributed by atoms with Crippen LogP contribution in [0.5, 0.6) is 0 Å².